The first-order valence-electron chi connectivity index (χ1n) is 5.38. The van der Waals surface area contributed by atoms with Gasteiger partial charge in [0.2, 0.25) is 0 Å². The van der Waals surface area contributed by atoms with Gasteiger partial charge in [-0.25, -0.2) is 0 Å². The summed E-state index contributed by atoms with van der Waals surface area (Å²) in [5.74, 6) is 1.75. The molecule has 4 heteroatoms. The predicted molar refractivity (Wildman–Crippen MR) is 55.1 cm³/mol. The first-order valence-corrected chi connectivity index (χ1v) is 5.38. The fourth-order valence-electron chi connectivity index (χ4n) is 2.35. The van der Waals surface area contributed by atoms with Crippen molar-refractivity contribution in [1.29, 1.82) is 0 Å². The fourth-order valence-corrected chi connectivity index (χ4v) is 2.35. The molecular formula is C10H18N4. The van der Waals surface area contributed by atoms with Gasteiger partial charge < -0.3 is 9.88 Å². The molecule has 2 rings (SSSR count). The zero-order valence-corrected chi connectivity index (χ0v) is 8.90. The molecule has 0 aromatic carbocycles. The summed E-state index contributed by atoms with van der Waals surface area (Å²) in [4.78, 5) is 0. The highest BCUT2D eigenvalue weighted by Gasteiger charge is 2.27. The van der Waals surface area contributed by atoms with E-state index >= 15 is 0 Å². The van der Waals surface area contributed by atoms with Crippen LogP contribution in [0.1, 0.15) is 37.9 Å². The van der Waals surface area contributed by atoms with E-state index < -0.39 is 0 Å². The van der Waals surface area contributed by atoms with E-state index in [2.05, 4.69) is 22.4 Å². The Kier molecular flexibility index (Phi) is 2.82. The number of aryl methyl sites for hydroxylation is 1. The number of hydrogen-bond donors (Lipinski definition) is 1. The highest BCUT2D eigenvalue weighted by Crippen LogP contribution is 2.32. The quantitative estimate of drug-likeness (QED) is 0.782. The second-order valence-corrected chi connectivity index (χ2v) is 4.06. The van der Waals surface area contributed by atoms with E-state index in [0.717, 1.165) is 12.4 Å². The van der Waals surface area contributed by atoms with Crippen molar-refractivity contribution in [2.75, 3.05) is 6.54 Å². The van der Waals surface area contributed by atoms with Crippen molar-refractivity contribution in [3.63, 3.8) is 0 Å². The average molecular weight is 194 g/mol. The van der Waals surface area contributed by atoms with Crippen LogP contribution in [0.15, 0.2) is 6.33 Å². The van der Waals surface area contributed by atoms with Gasteiger partial charge in [0.05, 0.1) is 0 Å². The van der Waals surface area contributed by atoms with Crippen LogP contribution in [0.2, 0.25) is 0 Å². The van der Waals surface area contributed by atoms with Gasteiger partial charge in [-0.15, -0.1) is 10.2 Å². The van der Waals surface area contributed by atoms with Gasteiger partial charge in [0.1, 0.15) is 12.2 Å². The Morgan fingerprint density at radius 1 is 1.57 bits per heavy atom. The van der Waals surface area contributed by atoms with Crippen LogP contribution >= 0.6 is 0 Å². The van der Waals surface area contributed by atoms with E-state index in [1.165, 1.54) is 19.3 Å². The maximum Gasteiger partial charge on any atom is 0.135 e. The van der Waals surface area contributed by atoms with Gasteiger partial charge in [0.15, 0.2) is 0 Å². The van der Waals surface area contributed by atoms with Crippen molar-refractivity contribution in [2.45, 2.75) is 38.1 Å². The molecule has 1 fully saturated rings. The number of nitrogens with one attached hydrogen (secondary N) is 1. The summed E-state index contributed by atoms with van der Waals surface area (Å²) in [6.07, 6.45) is 5.51. The van der Waals surface area contributed by atoms with Crippen LogP contribution in [0.5, 0.6) is 0 Å². The minimum absolute atomic E-state index is 0.603. The summed E-state index contributed by atoms with van der Waals surface area (Å²) in [6.45, 7) is 3.23. The van der Waals surface area contributed by atoms with Crippen molar-refractivity contribution in [2.24, 2.45) is 7.05 Å². The molecule has 78 valence electrons. The second kappa shape index (κ2) is 4.09. The van der Waals surface area contributed by atoms with E-state index in [-0.39, 0.29) is 0 Å². The molecule has 1 saturated carbocycles. The normalized spacial score (nSPS) is 27.0. The summed E-state index contributed by atoms with van der Waals surface area (Å²) in [5.41, 5.74) is 0. The molecule has 0 amide bonds. The molecular weight excluding hydrogens is 176 g/mol. The standard InChI is InChI=1S/C10H18N4/c1-3-11-9-5-4-8(6-9)10-13-12-7-14(10)2/h7-9,11H,3-6H2,1-2H3. The Hall–Kier alpha value is -0.900. The largest absolute Gasteiger partial charge is 0.320 e. The topological polar surface area (TPSA) is 42.7 Å². The number of rotatable bonds is 3. The van der Waals surface area contributed by atoms with Crippen molar-refractivity contribution in [3.8, 4) is 0 Å². The minimum atomic E-state index is 0.603. The molecule has 1 aromatic rings. The number of hydrogen-bond acceptors (Lipinski definition) is 3. The van der Waals surface area contributed by atoms with Crippen molar-refractivity contribution >= 4 is 0 Å². The van der Waals surface area contributed by atoms with Gasteiger partial charge in [-0.2, -0.15) is 0 Å². The van der Waals surface area contributed by atoms with Gasteiger partial charge in [-0.05, 0) is 25.8 Å². The van der Waals surface area contributed by atoms with Gasteiger partial charge in [0, 0.05) is 19.0 Å². The molecule has 14 heavy (non-hydrogen) atoms. The first-order chi connectivity index (χ1) is 6.81. The monoisotopic (exact) mass is 194 g/mol. The molecule has 2 unspecified atom stereocenters. The van der Waals surface area contributed by atoms with Gasteiger partial charge in [-0.3, -0.25) is 0 Å². The van der Waals surface area contributed by atoms with Gasteiger partial charge in [-0.1, -0.05) is 6.92 Å². The average Bonchev–Trinajstić information content (AvgIpc) is 2.74. The Morgan fingerprint density at radius 3 is 3.07 bits per heavy atom. The third kappa shape index (κ3) is 1.80. The van der Waals surface area contributed by atoms with Gasteiger partial charge >= 0.3 is 0 Å². The Bertz CT molecular complexity index is 294. The number of aromatic nitrogens is 3. The van der Waals surface area contributed by atoms with Crippen LogP contribution in [0.4, 0.5) is 0 Å². The maximum absolute atomic E-state index is 4.18. The number of nitrogens with zero attached hydrogens (tertiary/aromatic N) is 3. The summed E-state index contributed by atoms with van der Waals surface area (Å²) in [5, 5.41) is 11.6. The Morgan fingerprint density at radius 2 is 2.43 bits per heavy atom. The Labute approximate surface area is 84.7 Å². The van der Waals surface area contributed by atoms with Crippen LogP contribution in [0.25, 0.3) is 0 Å². The summed E-state index contributed by atoms with van der Waals surface area (Å²) in [6, 6.07) is 0.682. The van der Waals surface area contributed by atoms with Gasteiger partial charge in [0.25, 0.3) is 0 Å². The minimum Gasteiger partial charge on any atom is -0.320 e. The lowest BCUT2D eigenvalue weighted by Gasteiger charge is -2.11. The molecule has 2 atom stereocenters. The predicted octanol–water partition coefficient (Wildman–Crippen LogP) is 1.06. The molecule has 0 spiro atoms. The molecule has 1 aromatic heterocycles. The van der Waals surface area contributed by atoms with E-state index in [0.29, 0.717) is 12.0 Å². The fraction of sp³-hybridized carbons (Fsp3) is 0.800. The Balaban J connectivity index is 1.99. The zero-order valence-electron chi connectivity index (χ0n) is 8.90. The van der Waals surface area contributed by atoms with Crippen molar-refractivity contribution in [3.05, 3.63) is 12.2 Å². The molecule has 1 aliphatic rings. The van der Waals surface area contributed by atoms with E-state index in [9.17, 15) is 0 Å². The SMILES string of the molecule is CCNC1CCC(c2nncn2C)C1. The van der Waals surface area contributed by atoms with Crippen LogP contribution in [-0.4, -0.2) is 27.4 Å². The highest BCUT2D eigenvalue weighted by molar-refractivity contribution is 5.01. The first kappa shape index (κ1) is 9.65. The lowest BCUT2D eigenvalue weighted by molar-refractivity contribution is 0.527. The third-order valence-electron chi connectivity index (χ3n) is 3.04. The maximum atomic E-state index is 4.18. The summed E-state index contributed by atoms with van der Waals surface area (Å²) >= 11 is 0. The van der Waals surface area contributed by atoms with Crippen molar-refractivity contribution < 1.29 is 0 Å². The molecule has 0 aliphatic heterocycles. The van der Waals surface area contributed by atoms with E-state index in [4.69, 9.17) is 0 Å². The molecule has 4 nitrogen and oxygen atoms in total. The van der Waals surface area contributed by atoms with Crippen LogP contribution in [0.3, 0.4) is 0 Å². The highest BCUT2D eigenvalue weighted by atomic mass is 15.2. The lowest BCUT2D eigenvalue weighted by atomic mass is 10.1. The van der Waals surface area contributed by atoms with E-state index in [1.54, 1.807) is 6.33 Å². The third-order valence-corrected chi connectivity index (χ3v) is 3.04. The van der Waals surface area contributed by atoms with Crippen LogP contribution in [-0.2, 0) is 7.05 Å². The van der Waals surface area contributed by atoms with Crippen molar-refractivity contribution in [1.82, 2.24) is 20.1 Å². The van der Waals surface area contributed by atoms with Crippen LogP contribution in [0, 0.1) is 0 Å². The lowest BCUT2D eigenvalue weighted by Crippen LogP contribution is -2.25. The molecule has 0 saturated heterocycles. The molecule has 0 radical (unpaired) electrons. The summed E-state index contributed by atoms with van der Waals surface area (Å²) in [7, 11) is 2.02. The van der Waals surface area contributed by atoms with E-state index in [1.807, 2.05) is 11.6 Å². The smallest absolute Gasteiger partial charge is 0.135 e. The zero-order chi connectivity index (χ0) is 9.97. The molecule has 1 heterocycles. The van der Waals surface area contributed by atoms with Crippen LogP contribution < -0.4 is 5.32 Å². The second-order valence-electron chi connectivity index (χ2n) is 4.06. The summed E-state index contributed by atoms with van der Waals surface area (Å²) < 4.78 is 2.04. The molecule has 1 aliphatic carbocycles. The molecule has 0 bridgehead atoms. The molecule has 1 N–H and O–H groups in total.